The molecule has 6 nitrogen and oxygen atoms in total. The van der Waals surface area contributed by atoms with Crippen molar-refractivity contribution in [2.45, 2.75) is 12.3 Å². The van der Waals surface area contributed by atoms with E-state index in [9.17, 15) is 5.11 Å². The van der Waals surface area contributed by atoms with Gasteiger partial charge in [0, 0.05) is 17.7 Å². The molecule has 3 aromatic carbocycles. The minimum Gasteiger partial charge on any atom is -0.497 e. The largest absolute Gasteiger partial charge is 0.497 e. The van der Waals surface area contributed by atoms with Gasteiger partial charge in [0.1, 0.15) is 18.2 Å². The Morgan fingerprint density at radius 2 is 1.33 bits per heavy atom. The SMILES string of the molecule is COCn1nc(-c2ccc(Cl)cc2)cc1C(O)(c1ccc(OC)cc1)c1ccc(OC)cc1. The summed E-state index contributed by atoms with van der Waals surface area (Å²) in [5, 5.41) is 17.7. The van der Waals surface area contributed by atoms with Gasteiger partial charge in [0.05, 0.1) is 25.6 Å². The Balaban J connectivity index is 1.93. The molecule has 0 fully saturated rings. The fourth-order valence-electron chi connectivity index (χ4n) is 3.82. The molecule has 0 saturated heterocycles. The number of halogens is 1. The number of ether oxygens (including phenoxy) is 3. The summed E-state index contributed by atoms with van der Waals surface area (Å²) >= 11 is 6.06. The van der Waals surface area contributed by atoms with Gasteiger partial charge in [-0.3, -0.25) is 0 Å². The van der Waals surface area contributed by atoms with E-state index in [0.717, 1.165) is 5.56 Å². The molecule has 4 aromatic rings. The zero-order valence-electron chi connectivity index (χ0n) is 18.7. The van der Waals surface area contributed by atoms with Crippen LogP contribution in [0.1, 0.15) is 16.8 Å². The van der Waals surface area contributed by atoms with Crippen LogP contribution in [0.3, 0.4) is 0 Å². The first-order valence-corrected chi connectivity index (χ1v) is 10.7. The Morgan fingerprint density at radius 3 is 1.79 bits per heavy atom. The molecule has 7 heteroatoms. The fourth-order valence-corrected chi connectivity index (χ4v) is 3.94. The summed E-state index contributed by atoms with van der Waals surface area (Å²) in [5.41, 5.74) is 1.93. The topological polar surface area (TPSA) is 65.7 Å². The van der Waals surface area contributed by atoms with Crippen LogP contribution in [-0.4, -0.2) is 36.2 Å². The Labute approximate surface area is 197 Å². The highest BCUT2D eigenvalue weighted by Crippen LogP contribution is 2.39. The van der Waals surface area contributed by atoms with Crippen LogP contribution in [0.5, 0.6) is 11.5 Å². The zero-order valence-corrected chi connectivity index (χ0v) is 19.4. The molecule has 0 bridgehead atoms. The summed E-state index contributed by atoms with van der Waals surface area (Å²) in [6.45, 7) is 0.164. The lowest BCUT2D eigenvalue weighted by Gasteiger charge is -2.30. The molecular formula is C26H25ClN2O4. The van der Waals surface area contributed by atoms with Crippen molar-refractivity contribution in [3.63, 3.8) is 0 Å². The molecule has 0 saturated carbocycles. The van der Waals surface area contributed by atoms with Crippen molar-refractivity contribution >= 4 is 11.6 Å². The van der Waals surface area contributed by atoms with E-state index in [0.29, 0.717) is 39.0 Å². The van der Waals surface area contributed by atoms with Gasteiger partial charge in [-0.25, -0.2) is 4.68 Å². The molecule has 0 amide bonds. The van der Waals surface area contributed by atoms with E-state index in [-0.39, 0.29) is 6.73 Å². The van der Waals surface area contributed by atoms with Gasteiger partial charge in [-0.05, 0) is 53.6 Å². The Bertz CT molecular complexity index is 1160. The number of hydrogen-bond donors (Lipinski definition) is 1. The average molecular weight is 465 g/mol. The molecular weight excluding hydrogens is 440 g/mol. The summed E-state index contributed by atoms with van der Waals surface area (Å²) in [5.74, 6) is 1.39. The van der Waals surface area contributed by atoms with E-state index < -0.39 is 5.60 Å². The van der Waals surface area contributed by atoms with E-state index in [2.05, 4.69) is 0 Å². The quantitative estimate of drug-likeness (QED) is 0.392. The number of hydrogen-bond acceptors (Lipinski definition) is 5. The third kappa shape index (κ3) is 4.46. The van der Waals surface area contributed by atoms with Gasteiger partial charge in [-0.1, -0.05) is 48.0 Å². The van der Waals surface area contributed by atoms with Crippen LogP contribution < -0.4 is 9.47 Å². The standard InChI is InChI=1S/C26H25ClN2O4/c1-31-17-29-25(16-24(28-29)18-4-10-21(27)11-5-18)26(30,19-6-12-22(32-2)13-7-19)20-8-14-23(33-3)15-9-20/h4-16,30H,17H2,1-3H3. The molecule has 0 aliphatic rings. The molecule has 170 valence electrons. The Hall–Kier alpha value is -3.32. The molecule has 1 heterocycles. The van der Waals surface area contributed by atoms with Crippen molar-refractivity contribution in [3.05, 3.63) is 101 Å². The number of benzene rings is 3. The van der Waals surface area contributed by atoms with E-state index in [1.165, 1.54) is 0 Å². The number of aliphatic hydroxyl groups is 1. The highest BCUT2D eigenvalue weighted by molar-refractivity contribution is 6.30. The van der Waals surface area contributed by atoms with Crippen molar-refractivity contribution in [2.75, 3.05) is 21.3 Å². The Kier molecular flexibility index (Phi) is 6.70. The van der Waals surface area contributed by atoms with Crippen molar-refractivity contribution in [1.29, 1.82) is 0 Å². The smallest absolute Gasteiger partial charge is 0.157 e. The lowest BCUT2D eigenvalue weighted by molar-refractivity contribution is 0.0811. The van der Waals surface area contributed by atoms with Crippen molar-refractivity contribution < 1.29 is 19.3 Å². The summed E-state index contributed by atoms with van der Waals surface area (Å²) in [6.07, 6.45) is 0. The van der Waals surface area contributed by atoms with Crippen molar-refractivity contribution in [3.8, 4) is 22.8 Å². The molecule has 1 aromatic heterocycles. The molecule has 0 radical (unpaired) electrons. The van der Waals surface area contributed by atoms with Crippen LogP contribution in [-0.2, 0) is 17.1 Å². The monoisotopic (exact) mass is 464 g/mol. The second-order valence-electron chi connectivity index (χ2n) is 7.51. The molecule has 0 atom stereocenters. The first kappa shape index (κ1) is 22.9. The predicted molar refractivity (Wildman–Crippen MR) is 128 cm³/mol. The molecule has 0 unspecified atom stereocenters. The van der Waals surface area contributed by atoms with Crippen LogP contribution >= 0.6 is 11.6 Å². The van der Waals surface area contributed by atoms with Crippen LogP contribution in [0.2, 0.25) is 5.02 Å². The molecule has 1 N–H and O–H groups in total. The second-order valence-corrected chi connectivity index (χ2v) is 7.94. The lowest BCUT2D eigenvalue weighted by Crippen LogP contribution is -2.32. The first-order valence-electron chi connectivity index (χ1n) is 10.3. The van der Waals surface area contributed by atoms with Crippen LogP contribution in [0, 0.1) is 0 Å². The normalized spacial score (nSPS) is 11.4. The third-order valence-corrected chi connectivity index (χ3v) is 5.81. The summed E-state index contributed by atoms with van der Waals surface area (Å²) in [7, 11) is 4.81. The fraction of sp³-hybridized carbons (Fsp3) is 0.192. The maximum atomic E-state index is 12.3. The van der Waals surface area contributed by atoms with E-state index in [4.69, 9.17) is 30.9 Å². The van der Waals surface area contributed by atoms with E-state index >= 15 is 0 Å². The Morgan fingerprint density at radius 1 is 0.818 bits per heavy atom. The van der Waals surface area contributed by atoms with Crippen LogP contribution in [0.15, 0.2) is 78.9 Å². The van der Waals surface area contributed by atoms with Crippen LogP contribution in [0.25, 0.3) is 11.3 Å². The number of rotatable bonds is 8. The van der Waals surface area contributed by atoms with Gasteiger partial charge in [-0.2, -0.15) is 5.10 Å². The van der Waals surface area contributed by atoms with Crippen molar-refractivity contribution in [1.82, 2.24) is 9.78 Å². The van der Waals surface area contributed by atoms with E-state index in [1.807, 2.05) is 78.9 Å². The molecule has 0 aliphatic heterocycles. The lowest BCUT2D eigenvalue weighted by atomic mass is 9.83. The highest BCUT2D eigenvalue weighted by atomic mass is 35.5. The number of methoxy groups -OCH3 is 3. The van der Waals surface area contributed by atoms with Gasteiger partial charge < -0.3 is 19.3 Å². The van der Waals surface area contributed by atoms with Crippen LogP contribution in [0.4, 0.5) is 0 Å². The molecule has 33 heavy (non-hydrogen) atoms. The van der Waals surface area contributed by atoms with Gasteiger partial charge in [0.25, 0.3) is 0 Å². The van der Waals surface area contributed by atoms with Gasteiger partial charge in [0.15, 0.2) is 5.60 Å². The van der Waals surface area contributed by atoms with Gasteiger partial charge in [0.2, 0.25) is 0 Å². The zero-order chi connectivity index (χ0) is 23.4. The van der Waals surface area contributed by atoms with Crippen molar-refractivity contribution in [2.24, 2.45) is 0 Å². The molecule has 0 spiro atoms. The van der Waals surface area contributed by atoms with Gasteiger partial charge in [-0.15, -0.1) is 0 Å². The second kappa shape index (κ2) is 9.67. The predicted octanol–water partition coefficient (Wildman–Crippen LogP) is 5.11. The summed E-state index contributed by atoms with van der Waals surface area (Å²) < 4.78 is 17.7. The molecule has 0 aliphatic carbocycles. The van der Waals surface area contributed by atoms with E-state index in [1.54, 1.807) is 26.0 Å². The minimum absolute atomic E-state index is 0.164. The number of nitrogens with zero attached hydrogens (tertiary/aromatic N) is 2. The number of aromatic nitrogens is 2. The third-order valence-electron chi connectivity index (χ3n) is 5.56. The first-order chi connectivity index (χ1) is 16.0. The molecule has 4 rings (SSSR count). The summed E-state index contributed by atoms with van der Waals surface area (Å²) in [6, 6.07) is 23.9. The summed E-state index contributed by atoms with van der Waals surface area (Å²) in [4.78, 5) is 0. The van der Waals surface area contributed by atoms with Gasteiger partial charge >= 0.3 is 0 Å². The average Bonchev–Trinajstić information content (AvgIpc) is 3.28. The maximum absolute atomic E-state index is 12.3. The maximum Gasteiger partial charge on any atom is 0.157 e. The minimum atomic E-state index is -1.52. The highest BCUT2D eigenvalue weighted by Gasteiger charge is 2.38.